The van der Waals surface area contributed by atoms with Crippen molar-refractivity contribution in [2.45, 2.75) is 26.3 Å². The Labute approximate surface area is 114 Å². The van der Waals surface area contributed by atoms with Gasteiger partial charge in [0.25, 0.3) is 0 Å². The van der Waals surface area contributed by atoms with Crippen molar-refractivity contribution in [2.24, 2.45) is 0 Å². The first-order chi connectivity index (χ1) is 8.72. The fraction of sp³-hybridized carbons (Fsp3) is 0.500. The minimum Gasteiger partial charge on any atom is -0.375 e. The van der Waals surface area contributed by atoms with Crippen LogP contribution in [0.15, 0.2) is 5.38 Å². The number of aryl methyl sites for hydroxylation is 1. The number of nitrogen functional groups attached to an aromatic ring is 1. The predicted octanol–water partition coefficient (Wildman–Crippen LogP) is 2.75. The Hall–Kier alpha value is -0.980. The fourth-order valence-corrected chi connectivity index (χ4v) is 3.98. The maximum atomic E-state index is 5.69. The molecular weight excluding hydrogens is 264 g/mol. The molecule has 1 aliphatic rings. The minimum atomic E-state index is 0.624. The van der Waals surface area contributed by atoms with Gasteiger partial charge in [-0.05, 0) is 32.9 Å². The largest absolute Gasteiger partial charge is 0.375 e. The number of nitrogens with two attached hydrogens (primary N) is 1. The summed E-state index contributed by atoms with van der Waals surface area (Å²) in [5.74, 6) is 0. The summed E-state index contributed by atoms with van der Waals surface area (Å²) in [7, 11) is 0. The van der Waals surface area contributed by atoms with Gasteiger partial charge in [0.05, 0.1) is 22.8 Å². The molecule has 0 aromatic carbocycles. The van der Waals surface area contributed by atoms with E-state index in [4.69, 9.17) is 5.73 Å². The summed E-state index contributed by atoms with van der Waals surface area (Å²) in [6, 6.07) is 0. The Morgan fingerprint density at radius 2 is 2.11 bits per heavy atom. The molecule has 0 unspecified atom stereocenters. The van der Waals surface area contributed by atoms with Gasteiger partial charge in [0.2, 0.25) is 0 Å². The number of hydrogen-bond donors (Lipinski definition) is 1. The maximum Gasteiger partial charge on any atom is 0.180 e. The molecule has 0 saturated carbocycles. The highest BCUT2D eigenvalue weighted by Crippen LogP contribution is 2.32. The van der Waals surface area contributed by atoms with Gasteiger partial charge < -0.3 is 5.73 Å². The lowest BCUT2D eigenvalue weighted by Crippen LogP contribution is -2.18. The Morgan fingerprint density at radius 3 is 2.78 bits per heavy atom. The van der Waals surface area contributed by atoms with Crippen LogP contribution in [0.25, 0.3) is 10.6 Å². The molecule has 3 heterocycles. The van der Waals surface area contributed by atoms with Gasteiger partial charge in [-0.2, -0.15) is 0 Å². The number of hydrogen-bond acceptors (Lipinski definition) is 6. The summed E-state index contributed by atoms with van der Waals surface area (Å²) in [6.45, 7) is 5.44. The molecule has 0 atom stereocenters. The van der Waals surface area contributed by atoms with Gasteiger partial charge >= 0.3 is 0 Å². The first-order valence-electron chi connectivity index (χ1n) is 6.12. The average Bonchev–Trinajstić information content (AvgIpc) is 3.02. The van der Waals surface area contributed by atoms with E-state index in [9.17, 15) is 0 Å². The van der Waals surface area contributed by atoms with E-state index in [0.717, 1.165) is 22.8 Å². The van der Waals surface area contributed by atoms with Crippen molar-refractivity contribution in [3.05, 3.63) is 16.1 Å². The van der Waals surface area contributed by atoms with Crippen molar-refractivity contribution in [1.29, 1.82) is 0 Å². The van der Waals surface area contributed by atoms with Crippen molar-refractivity contribution in [1.82, 2.24) is 14.9 Å². The van der Waals surface area contributed by atoms with E-state index in [-0.39, 0.29) is 0 Å². The standard InChI is InChI=1S/C12H16N4S2/c1-8-11(9-7-17-12(13)15-9)18-10(14-8)6-16-4-2-3-5-16/h7H,2-6H2,1H3,(H2,13,15). The van der Waals surface area contributed by atoms with Crippen LogP contribution in [0, 0.1) is 6.92 Å². The van der Waals surface area contributed by atoms with Gasteiger partial charge in [0.1, 0.15) is 5.01 Å². The van der Waals surface area contributed by atoms with Crippen LogP contribution in [-0.2, 0) is 6.54 Å². The summed E-state index contributed by atoms with van der Waals surface area (Å²) >= 11 is 3.23. The first kappa shape index (κ1) is 12.1. The molecule has 4 nitrogen and oxygen atoms in total. The highest BCUT2D eigenvalue weighted by atomic mass is 32.1. The third-order valence-electron chi connectivity index (χ3n) is 3.15. The molecule has 0 amide bonds. The van der Waals surface area contributed by atoms with E-state index in [1.54, 1.807) is 11.3 Å². The molecule has 0 aliphatic carbocycles. The van der Waals surface area contributed by atoms with Gasteiger partial charge in [0.15, 0.2) is 5.13 Å². The van der Waals surface area contributed by atoms with Crippen LogP contribution < -0.4 is 5.73 Å². The lowest BCUT2D eigenvalue weighted by Gasteiger charge is -2.11. The molecule has 3 rings (SSSR count). The Morgan fingerprint density at radius 1 is 1.33 bits per heavy atom. The Balaban J connectivity index is 1.81. The van der Waals surface area contributed by atoms with E-state index in [1.807, 2.05) is 5.38 Å². The maximum absolute atomic E-state index is 5.69. The minimum absolute atomic E-state index is 0.624. The Kier molecular flexibility index (Phi) is 3.32. The molecule has 0 bridgehead atoms. The molecule has 0 spiro atoms. The summed E-state index contributed by atoms with van der Waals surface area (Å²) in [4.78, 5) is 12.6. The van der Waals surface area contributed by atoms with Gasteiger partial charge in [-0.1, -0.05) is 0 Å². The predicted molar refractivity (Wildman–Crippen MR) is 76.9 cm³/mol. The molecule has 2 aromatic heterocycles. The number of anilines is 1. The van der Waals surface area contributed by atoms with Crippen LogP contribution in [0.4, 0.5) is 5.13 Å². The topological polar surface area (TPSA) is 55.0 Å². The molecule has 1 aliphatic heterocycles. The molecule has 18 heavy (non-hydrogen) atoms. The van der Waals surface area contributed by atoms with Crippen LogP contribution >= 0.6 is 22.7 Å². The second kappa shape index (κ2) is 4.95. The normalized spacial score (nSPS) is 16.5. The third kappa shape index (κ3) is 2.41. The second-order valence-corrected chi connectivity index (χ2v) is 6.55. The molecule has 1 saturated heterocycles. The average molecular weight is 280 g/mol. The van der Waals surface area contributed by atoms with Crippen LogP contribution in [0.3, 0.4) is 0 Å². The van der Waals surface area contributed by atoms with Gasteiger partial charge in [-0.3, -0.25) is 4.90 Å². The zero-order valence-corrected chi connectivity index (χ0v) is 12.0. The van der Waals surface area contributed by atoms with Crippen LogP contribution in [0.5, 0.6) is 0 Å². The van der Waals surface area contributed by atoms with Crippen molar-refractivity contribution < 1.29 is 0 Å². The van der Waals surface area contributed by atoms with Gasteiger partial charge in [-0.25, -0.2) is 9.97 Å². The number of rotatable bonds is 3. The van der Waals surface area contributed by atoms with E-state index < -0.39 is 0 Å². The molecule has 1 fully saturated rings. The zero-order chi connectivity index (χ0) is 12.5. The summed E-state index contributed by atoms with van der Waals surface area (Å²) in [5, 5.41) is 3.82. The first-order valence-corrected chi connectivity index (χ1v) is 7.82. The van der Waals surface area contributed by atoms with E-state index in [0.29, 0.717) is 5.13 Å². The lowest BCUT2D eigenvalue weighted by atomic mass is 10.3. The van der Waals surface area contributed by atoms with E-state index in [1.165, 1.54) is 42.3 Å². The van der Waals surface area contributed by atoms with Crippen LogP contribution in [0.2, 0.25) is 0 Å². The molecule has 96 valence electrons. The molecule has 2 aromatic rings. The molecule has 6 heteroatoms. The van der Waals surface area contributed by atoms with Crippen LogP contribution in [-0.4, -0.2) is 28.0 Å². The van der Waals surface area contributed by atoms with Crippen molar-refractivity contribution >= 4 is 27.8 Å². The van der Waals surface area contributed by atoms with E-state index >= 15 is 0 Å². The molecule has 0 radical (unpaired) electrons. The monoisotopic (exact) mass is 280 g/mol. The second-order valence-electron chi connectivity index (χ2n) is 4.58. The van der Waals surface area contributed by atoms with E-state index in [2.05, 4.69) is 21.8 Å². The van der Waals surface area contributed by atoms with Crippen molar-refractivity contribution in [2.75, 3.05) is 18.8 Å². The summed E-state index contributed by atoms with van der Waals surface area (Å²) < 4.78 is 0. The summed E-state index contributed by atoms with van der Waals surface area (Å²) in [5.41, 5.74) is 7.73. The molecular formula is C12H16N4S2. The lowest BCUT2D eigenvalue weighted by molar-refractivity contribution is 0.330. The van der Waals surface area contributed by atoms with Gasteiger partial charge in [0, 0.05) is 5.38 Å². The highest BCUT2D eigenvalue weighted by molar-refractivity contribution is 7.16. The Bertz CT molecular complexity index is 540. The van der Waals surface area contributed by atoms with Crippen molar-refractivity contribution in [3.8, 4) is 10.6 Å². The highest BCUT2D eigenvalue weighted by Gasteiger charge is 2.17. The number of nitrogens with zero attached hydrogens (tertiary/aromatic N) is 3. The quantitative estimate of drug-likeness (QED) is 0.939. The number of thiazole rings is 2. The fourth-order valence-electron chi connectivity index (χ4n) is 2.28. The third-order valence-corrected chi connectivity index (χ3v) is 4.99. The smallest absolute Gasteiger partial charge is 0.180 e. The van der Waals surface area contributed by atoms with Crippen LogP contribution in [0.1, 0.15) is 23.5 Å². The zero-order valence-electron chi connectivity index (χ0n) is 10.3. The number of likely N-dealkylation sites (tertiary alicyclic amines) is 1. The van der Waals surface area contributed by atoms with Gasteiger partial charge in [-0.15, -0.1) is 22.7 Å². The number of aromatic nitrogens is 2. The SMILES string of the molecule is Cc1nc(CN2CCCC2)sc1-c1csc(N)n1. The van der Waals surface area contributed by atoms with Crippen molar-refractivity contribution in [3.63, 3.8) is 0 Å². The molecule has 2 N–H and O–H groups in total. The summed E-state index contributed by atoms with van der Waals surface area (Å²) in [6.07, 6.45) is 2.64.